The zero-order valence-electron chi connectivity index (χ0n) is 13.1. The molecule has 5 nitrogen and oxygen atoms in total. The summed E-state index contributed by atoms with van der Waals surface area (Å²) in [6.07, 6.45) is 6.48. The molecule has 2 aromatic rings. The van der Waals surface area contributed by atoms with Crippen molar-refractivity contribution in [3.8, 4) is 5.95 Å². The Hall–Kier alpha value is -1.91. The van der Waals surface area contributed by atoms with Crippen LogP contribution in [-0.4, -0.2) is 25.8 Å². The van der Waals surface area contributed by atoms with E-state index >= 15 is 0 Å². The number of rotatable bonds is 3. The fraction of sp³-hybridized carbons (Fsp3) is 0.562. The minimum Gasteiger partial charge on any atom is -0.366 e. The molecule has 1 aliphatic carbocycles. The average molecular weight is 285 g/mol. The Labute approximate surface area is 125 Å². The Bertz CT molecular complexity index is 605. The van der Waals surface area contributed by atoms with E-state index < -0.39 is 0 Å². The van der Waals surface area contributed by atoms with Crippen molar-refractivity contribution in [3.63, 3.8) is 0 Å². The van der Waals surface area contributed by atoms with Crippen molar-refractivity contribution in [1.29, 1.82) is 0 Å². The lowest BCUT2D eigenvalue weighted by Crippen LogP contribution is -2.22. The highest BCUT2D eigenvalue weighted by atomic mass is 15.4. The summed E-state index contributed by atoms with van der Waals surface area (Å²) in [6.45, 7) is 6.01. The van der Waals surface area contributed by atoms with E-state index in [0.717, 1.165) is 22.9 Å². The SMILES string of the molecule is Cc1cc(C)nc(-n2nc(NC3CCCCC3)cc2C)n1. The normalized spacial score (nSPS) is 16.1. The second-order valence-corrected chi connectivity index (χ2v) is 6.01. The van der Waals surface area contributed by atoms with Gasteiger partial charge in [-0.3, -0.25) is 0 Å². The van der Waals surface area contributed by atoms with Crippen LogP contribution in [0, 0.1) is 20.8 Å². The fourth-order valence-corrected chi connectivity index (χ4v) is 3.01. The first kappa shape index (κ1) is 14.0. The van der Waals surface area contributed by atoms with Gasteiger partial charge in [-0.25, -0.2) is 14.6 Å². The third kappa shape index (κ3) is 3.23. The molecule has 0 radical (unpaired) electrons. The van der Waals surface area contributed by atoms with E-state index in [0.29, 0.717) is 12.0 Å². The minimum absolute atomic E-state index is 0.557. The summed E-state index contributed by atoms with van der Waals surface area (Å²) in [7, 11) is 0. The van der Waals surface area contributed by atoms with Crippen LogP contribution in [0.3, 0.4) is 0 Å². The lowest BCUT2D eigenvalue weighted by Gasteiger charge is -2.22. The van der Waals surface area contributed by atoms with Crippen molar-refractivity contribution in [2.45, 2.75) is 58.9 Å². The highest BCUT2D eigenvalue weighted by Crippen LogP contribution is 2.22. The smallest absolute Gasteiger partial charge is 0.251 e. The van der Waals surface area contributed by atoms with Crippen molar-refractivity contribution in [3.05, 3.63) is 29.2 Å². The maximum absolute atomic E-state index is 4.64. The standard InChI is InChI=1S/C16H23N5/c1-11-9-12(2)18-16(17-11)21-13(3)10-15(20-21)19-14-7-5-4-6-8-14/h9-10,14H,4-8H2,1-3H3,(H,19,20). The maximum Gasteiger partial charge on any atom is 0.251 e. The Kier molecular flexibility index (Phi) is 3.90. The molecule has 1 saturated carbocycles. The van der Waals surface area contributed by atoms with Gasteiger partial charge in [-0.15, -0.1) is 5.10 Å². The van der Waals surface area contributed by atoms with Crippen LogP contribution in [0.2, 0.25) is 0 Å². The van der Waals surface area contributed by atoms with Gasteiger partial charge in [0.1, 0.15) is 5.82 Å². The summed E-state index contributed by atoms with van der Waals surface area (Å²) in [5, 5.41) is 8.19. The summed E-state index contributed by atoms with van der Waals surface area (Å²) in [4.78, 5) is 8.97. The average Bonchev–Trinajstić information content (AvgIpc) is 2.79. The van der Waals surface area contributed by atoms with Gasteiger partial charge in [0.15, 0.2) is 0 Å². The van der Waals surface area contributed by atoms with Crippen LogP contribution in [0.5, 0.6) is 0 Å². The molecule has 21 heavy (non-hydrogen) atoms. The van der Waals surface area contributed by atoms with Crippen LogP contribution in [-0.2, 0) is 0 Å². The van der Waals surface area contributed by atoms with Crippen molar-refractivity contribution in [2.24, 2.45) is 0 Å². The zero-order chi connectivity index (χ0) is 14.8. The minimum atomic E-state index is 0.557. The Balaban J connectivity index is 1.83. The van der Waals surface area contributed by atoms with Gasteiger partial charge < -0.3 is 5.32 Å². The van der Waals surface area contributed by atoms with Gasteiger partial charge in [-0.1, -0.05) is 19.3 Å². The number of aryl methyl sites for hydroxylation is 3. The molecule has 1 aliphatic rings. The lowest BCUT2D eigenvalue weighted by molar-refractivity contribution is 0.461. The molecular formula is C16H23N5. The molecule has 1 fully saturated rings. The Morgan fingerprint density at radius 3 is 2.33 bits per heavy atom. The molecule has 0 bridgehead atoms. The van der Waals surface area contributed by atoms with E-state index in [4.69, 9.17) is 0 Å². The highest BCUT2D eigenvalue weighted by Gasteiger charge is 2.16. The Morgan fingerprint density at radius 1 is 1.00 bits per heavy atom. The summed E-state index contributed by atoms with van der Waals surface area (Å²) in [6, 6.07) is 4.61. The molecule has 0 atom stereocenters. The summed E-state index contributed by atoms with van der Waals surface area (Å²) in [5.41, 5.74) is 2.99. The monoisotopic (exact) mass is 285 g/mol. The molecule has 5 heteroatoms. The molecule has 112 valence electrons. The van der Waals surface area contributed by atoms with Gasteiger partial charge in [0, 0.05) is 29.2 Å². The van der Waals surface area contributed by atoms with Gasteiger partial charge in [-0.05, 0) is 39.7 Å². The number of anilines is 1. The molecule has 0 spiro atoms. The predicted molar refractivity (Wildman–Crippen MR) is 83.9 cm³/mol. The summed E-state index contributed by atoms with van der Waals surface area (Å²) >= 11 is 0. The molecule has 2 aromatic heterocycles. The van der Waals surface area contributed by atoms with Crippen LogP contribution < -0.4 is 5.32 Å². The molecular weight excluding hydrogens is 262 g/mol. The third-order valence-electron chi connectivity index (χ3n) is 4.00. The number of nitrogens with one attached hydrogen (secondary N) is 1. The van der Waals surface area contributed by atoms with E-state index in [1.165, 1.54) is 32.1 Å². The van der Waals surface area contributed by atoms with E-state index in [9.17, 15) is 0 Å². The van der Waals surface area contributed by atoms with Crippen molar-refractivity contribution in [1.82, 2.24) is 19.7 Å². The predicted octanol–water partition coefficient (Wildman–Crippen LogP) is 3.33. The number of aromatic nitrogens is 4. The van der Waals surface area contributed by atoms with Gasteiger partial charge in [-0.2, -0.15) is 0 Å². The summed E-state index contributed by atoms with van der Waals surface area (Å²) in [5.74, 6) is 1.59. The van der Waals surface area contributed by atoms with Crippen molar-refractivity contribution >= 4 is 5.82 Å². The molecule has 0 saturated heterocycles. The van der Waals surface area contributed by atoms with Crippen molar-refractivity contribution in [2.75, 3.05) is 5.32 Å². The van der Waals surface area contributed by atoms with Gasteiger partial charge in [0.05, 0.1) is 0 Å². The third-order valence-corrected chi connectivity index (χ3v) is 4.00. The fourth-order valence-electron chi connectivity index (χ4n) is 3.01. The highest BCUT2D eigenvalue weighted by molar-refractivity contribution is 5.39. The molecule has 0 aromatic carbocycles. The van der Waals surface area contributed by atoms with Crippen molar-refractivity contribution < 1.29 is 0 Å². The zero-order valence-corrected chi connectivity index (χ0v) is 13.1. The van der Waals surface area contributed by atoms with Crippen LogP contribution >= 0.6 is 0 Å². The van der Waals surface area contributed by atoms with E-state index in [1.54, 1.807) is 0 Å². The van der Waals surface area contributed by atoms with Crippen LogP contribution in [0.15, 0.2) is 12.1 Å². The second kappa shape index (κ2) is 5.84. The first-order valence-electron chi connectivity index (χ1n) is 7.78. The first-order chi connectivity index (χ1) is 10.1. The van der Waals surface area contributed by atoms with E-state index in [1.807, 2.05) is 31.5 Å². The molecule has 0 aliphatic heterocycles. The molecule has 2 heterocycles. The van der Waals surface area contributed by atoms with E-state index in [-0.39, 0.29) is 0 Å². The van der Waals surface area contributed by atoms with Crippen LogP contribution in [0.4, 0.5) is 5.82 Å². The number of hydrogen-bond acceptors (Lipinski definition) is 4. The van der Waals surface area contributed by atoms with Gasteiger partial charge in [0.2, 0.25) is 0 Å². The quantitative estimate of drug-likeness (QED) is 0.939. The molecule has 1 N–H and O–H groups in total. The molecule has 0 amide bonds. The van der Waals surface area contributed by atoms with Gasteiger partial charge in [0.25, 0.3) is 5.95 Å². The van der Waals surface area contributed by atoms with Crippen LogP contribution in [0.1, 0.15) is 49.2 Å². The molecule has 0 unspecified atom stereocenters. The first-order valence-corrected chi connectivity index (χ1v) is 7.78. The van der Waals surface area contributed by atoms with Crippen LogP contribution in [0.25, 0.3) is 5.95 Å². The topological polar surface area (TPSA) is 55.6 Å². The molecule has 3 rings (SSSR count). The summed E-state index contributed by atoms with van der Waals surface area (Å²) < 4.78 is 1.82. The largest absolute Gasteiger partial charge is 0.366 e. The Morgan fingerprint density at radius 2 is 1.67 bits per heavy atom. The number of hydrogen-bond donors (Lipinski definition) is 1. The second-order valence-electron chi connectivity index (χ2n) is 6.01. The maximum atomic E-state index is 4.64. The van der Waals surface area contributed by atoms with Gasteiger partial charge >= 0.3 is 0 Å². The lowest BCUT2D eigenvalue weighted by atomic mass is 9.95. The van der Waals surface area contributed by atoms with E-state index in [2.05, 4.69) is 26.4 Å². The number of nitrogens with zero attached hydrogens (tertiary/aromatic N) is 4.